The van der Waals surface area contributed by atoms with E-state index in [1.165, 1.54) is 19.1 Å². The molecule has 0 radical (unpaired) electrons. The van der Waals surface area contributed by atoms with E-state index in [2.05, 4.69) is 0 Å². The lowest BCUT2D eigenvalue weighted by atomic mass is 10.2. The van der Waals surface area contributed by atoms with Crippen LogP contribution < -0.4 is 0 Å². The van der Waals surface area contributed by atoms with Crippen LogP contribution in [0.25, 0.3) is 11.8 Å². The number of aliphatic carboxylic acids is 1. The molecule has 20 heavy (non-hydrogen) atoms. The second-order valence-corrected chi connectivity index (χ2v) is 4.21. The molecule has 102 valence electrons. The van der Waals surface area contributed by atoms with Gasteiger partial charge in [-0.15, -0.1) is 0 Å². The maximum atomic E-state index is 10.8. The van der Waals surface area contributed by atoms with Crippen LogP contribution in [0.1, 0.15) is 12.6 Å². The maximum Gasteiger partial charge on any atom is 0.331 e. The number of carbonyl (C=O) groups is 1. The Morgan fingerprint density at radius 3 is 2.50 bits per heavy atom. The van der Waals surface area contributed by atoms with Crippen LogP contribution in [0.5, 0.6) is 0 Å². The predicted molar refractivity (Wildman–Crippen MR) is 73.7 cm³/mol. The molecule has 0 amide bonds. The zero-order valence-electron chi connectivity index (χ0n) is 10.7. The quantitative estimate of drug-likeness (QED) is 0.526. The van der Waals surface area contributed by atoms with Crippen LogP contribution in [0.3, 0.4) is 0 Å². The number of rotatable bonds is 4. The molecule has 0 saturated carbocycles. The normalized spacial score (nSPS) is 11.3. The van der Waals surface area contributed by atoms with E-state index >= 15 is 0 Å². The highest BCUT2D eigenvalue weighted by Gasteiger charge is 2.07. The molecule has 0 fully saturated rings. The summed E-state index contributed by atoms with van der Waals surface area (Å²) in [6.45, 7) is 1.51. The zero-order valence-corrected chi connectivity index (χ0v) is 10.7. The molecular weight excluding hydrogens is 260 g/mol. The first-order chi connectivity index (χ1) is 9.49. The van der Waals surface area contributed by atoms with E-state index in [1.54, 1.807) is 41.1 Å². The van der Waals surface area contributed by atoms with Gasteiger partial charge in [0.2, 0.25) is 0 Å². The van der Waals surface area contributed by atoms with Gasteiger partial charge in [0.15, 0.2) is 0 Å². The third-order valence-electron chi connectivity index (χ3n) is 2.82. The molecule has 0 atom stereocenters. The summed E-state index contributed by atoms with van der Waals surface area (Å²) in [6, 6.07) is 9.60. The largest absolute Gasteiger partial charge is 0.478 e. The number of nitrogens with zero attached hydrogens (tertiary/aromatic N) is 2. The Hall–Kier alpha value is -2.89. The molecule has 0 saturated heterocycles. The third-order valence-corrected chi connectivity index (χ3v) is 2.82. The number of carboxylic acids is 1. The lowest BCUT2D eigenvalue weighted by Gasteiger charge is -2.06. The number of benzene rings is 1. The summed E-state index contributed by atoms with van der Waals surface area (Å²) < 4.78 is 1.76. The Morgan fingerprint density at radius 1 is 1.30 bits per heavy atom. The number of nitro groups is 1. The van der Waals surface area contributed by atoms with Crippen LogP contribution in [0.4, 0.5) is 5.69 Å². The molecule has 1 N–H and O–H groups in total. The van der Waals surface area contributed by atoms with Crippen LogP contribution in [-0.2, 0) is 4.79 Å². The average Bonchev–Trinajstić information content (AvgIpc) is 2.86. The fraction of sp³-hybridized carbons (Fsp3) is 0.0714. The molecular formula is C14H12N2O4. The molecule has 0 unspecified atom stereocenters. The van der Waals surface area contributed by atoms with Crippen molar-refractivity contribution in [1.29, 1.82) is 0 Å². The minimum Gasteiger partial charge on any atom is -0.478 e. The van der Waals surface area contributed by atoms with Crippen molar-refractivity contribution in [3.8, 4) is 5.69 Å². The van der Waals surface area contributed by atoms with E-state index in [0.717, 1.165) is 5.69 Å². The van der Waals surface area contributed by atoms with Crippen molar-refractivity contribution in [2.75, 3.05) is 0 Å². The molecule has 2 rings (SSSR count). The number of carboxylic acid groups (broad SMARTS) is 1. The maximum absolute atomic E-state index is 10.8. The van der Waals surface area contributed by atoms with Gasteiger partial charge in [-0.05, 0) is 37.3 Å². The van der Waals surface area contributed by atoms with Gasteiger partial charge in [0.25, 0.3) is 5.69 Å². The topological polar surface area (TPSA) is 85.4 Å². The van der Waals surface area contributed by atoms with Gasteiger partial charge in [0.1, 0.15) is 0 Å². The number of hydrogen-bond donors (Lipinski definition) is 1. The minimum atomic E-state index is -0.985. The Bertz CT molecular complexity index is 683. The molecule has 0 aliphatic rings. The highest BCUT2D eigenvalue weighted by atomic mass is 16.6. The number of nitro benzene ring substituents is 1. The van der Waals surface area contributed by atoms with Gasteiger partial charge >= 0.3 is 5.97 Å². The van der Waals surface area contributed by atoms with Gasteiger partial charge in [0.05, 0.1) is 4.92 Å². The first-order valence-electron chi connectivity index (χ1n) is 5.83. The van der Waals surface area contributed by atoms with Crippen molar-refractivity contribution in [3.63, 3.8) is 0 Å². The molecule has 0 spiro atoms. The van der Waals surface area contributed by atoms with E-state index in [0.29, 0.717) is 5.69 Å². The van der Waals surface area contributed by atoms with Gasteiger partial charge in [-0.2, -0.15) is 0 Å². The lowest BCUT2D eigenvalue weighted by molar-refractivity contribution is -0.384. The molecule has 0 bridgehead atoms. The Balaban J connectivity index is 2.39. The summed E-state index contributed by atoms with van der Waals surface area (Å²) in [5.41, 5.74) is 1.65. The summed E-state index contributed by atoms with van der Waals surface area (Å²) in [5.74, 6) is -0.985. The van der Waals surface area contributed by atoms with E-state index < -0.39 is 10.9 Å². The summed E-state index contributed by atoms with van der Waals surface area (Å²) >= 11 is 0. The minimum absolute atomic E-state index is 0.0136. The van der Waals surface area contributed by atoms with Crippen LogP contribution in [-0.4, -0.2) is 20.6 Å². The molecule has 6 nitrogen and oxygen atoms in total. The smallest absolute Gasteiger partial charge is 0.331 e. The first kappa shape index (κ1) is 13.5. The second-order valence-electron chi connectivity index (χ2n) is 4.21. The van der Waals surface area contributed by atoms with Gasteiger partial charge in [-0.1, -0.05) is 0 Å². The second kappa shape index (κ2) is 5.40. The monoisotopic (exact) mass is 272 g/mol. The molecule has 1 aromatic carbocycles. The van der Waals surface area contributed by atoms with E-state index in [1.807, 2.05) is 0 Å². The zero-order chi connectivity index (χ0) is 14.7. The van der Waals surface area contributed by atoms with Crippen molar-refractivity contribution in [1.82, 2.24) is 4.57 Å². The SMILES string of the molecule is C/C(=C\c1cccn1-c1ccc([N+](=O)[O-])cc1)C(=O)O. The molecule has 0 aliphatic heterocycles. The van der Waals surface area contributed by atoms with Crippen molar-refractivity contribution < 1.29 is 14.8 Å². The highest BCUT2D eigenvalue weighted by molar-refractivity contribution is 5.91. The first-order valence-corrected chi connectivity index (χ1v) is 5.83. The van der Waals surface area contributed by atoms with Crippen molar-refractivity contribution in [2.45, 2.75) is 6.92 Å². The third kappa shape index (κ3) is 2.74. The Labute approximate surface area is 114 Å². The van der Waals surface area contributed by atoms with Crippen molar-refractivity contribution >= 4 is 17.7 Å². The average molecular weight is 272 g/mol. The van der Waals surface area contributed by atoms with Crippen LogP contribution in [0, 0.1) is 10.1 Å². The van der Waals surface area contributed by atoms with Gasteiger partial charge < -0.3 is 9.67 Å². The molecule has 0 aliphatic carbocycles. The summed E-state index contributed by atoms with van der Waals surface area (Å²) in [5, 5.41) is 19.5. The summed E-state index contributed by atoms with van der Waals surface area (Å²) in [6.07, 6.45) is 3.31. The van der Waals surface area contributed by atoms with E-state index in [4.69, 9.17) is 5.11 Å². The van der Waals surface area contributed by atoms with Gasteiger partial charge in [0, 0.05) is 35.3 Å². The van der Waals surface area contributed by atoms with Crippen LogP contribution >= 0.6 is 0 Å². The van der Waals surface area contributed by atoms with Crippen LogP contribution in [0.2, 0.25) is 0 Å². The fourth-order valence-electron chi connectivity index (χ4n) is 1.77. The Morgan fingerprint density at radius 2 is 1.95 bits per heavy atom. The van der Waals surface area contributed by atoms with Gasteiger partial charge in [-0.3, -0.25) is 10.1 Å². The lowest BCUT2D eigenvalue weighted by Crippen LogP contribution is -1.99. The standard InChI is InChI=1S/C14H12N2O4/c1-10(14(17)18)9-13-3-2-8-15(13)11-4-6-12(7-5-11)16(19)20/h2-9H,1H3,(H,17,18)/b10-9+. The van der Waals surface area contributed by atoms with Crippen LogP contribution in [0.15, 0.2) is 48.2 Å². The van der Waals surface area contributed by atoms with Crippen molar-refractivity contribution in [2.24, 2.45) is 0 Å². The van der Waals surface area contributed by atoms with Crippen molar-refractivity contribution in [3.05, 3.63) is 64.0 Å². The number of non-ortho nitro benzene ring substituents is 1. The summed E-state index contributed by atoms with van der Waals surface area (Å²) in [4.78, 5) is 21.0. The predicted octanol–water partition coefficient (Wildman–Crippen LogP) is 2.87. The number of aromatic nitrogens is 1. The highest BCUT2D eigenvalue weighted by Crippen LogP contribution is 2.19. The van der Waals surface area contributed by atoms with E-state index in [9.17, 15) is 14.9 Å². The fourth-order valence-corrected chi connectivity index (χ4v) is 1.77. The molecule has 2 aromatic rings. The summed E-state index contributed by atoms with van der Waals surface area (Å²) in [7, 11) is 0. The van der Waals surface area contributed by atoms with Gasteiger partial charge in [-0.25, -0.2) is 4.79 Å². The Kier molecular flexibility index (Phi) is 3.65. The molecule has 6 heteroatoms. The van der Waals surface area contributed by atoms with E-state index in [-0.39, 0.29) is 11.3 Å². The molecule has 1 aromatic heterocycles. The number of hydrogen-bond acceptors (Lipinski definition) is 3. The molecule has 1 heterocycles.